The van der Waals surface area contributed by atoms with Crippen LogP contribution < -0.4 is 15.4 Å². The number of piperidine rings is 1. The zero-order valence-electron chi connectivity index (χ0n) is 16.0. The first kappa shape index (κ1) is 19.6. The van der Waals surface area contributed by atoms with Crippen molar-refractivity contribution in [2.45, 2.75) is 52.1 Å². The maximum absolute atomic E-state index is 12.2. The average molecular weight is 348 g/mol. The van der Waals surface area contributed by atoms with Crippen molar-refractivity contribution < 1.29 is 9.53 Å². The number of carbonyl (C=O) groups excluding carboxylic acids is 1. The standard InChI is InChI=1S/C20H33N3O2/c1-15-7-6-10-23(14-15)17(3)13-21-20(24)22-16(2)11-18-8-5-9-19(12-18)25-4/h5,8-9,12,15-17H,6-7,10-11,13-14H2,1-4H3,(H2,21,22,24). The Bertz CT molecular complexity index is 549. The second kappa shape index (κ2) is 9.66. The minimum Gasteiger partial charge on any atom is -0.497 e. The van der Waals surface area contributed by atoms with E-state index in [-0.39, 0.29) is 12.1 Å². The number of rotatable bonds is 7. The molecule has 1 heterocycles. The molecule has 0 aromatic heterocycles. The summed E-state index contributed by atoms with van der Waals surface area (Å²) in [6.45, 7) is 9.48. The lowest BCUT2D eigenvalue weighted by molar-refractivity contribution is 0.137. The van der Waals surface area contributed by atoms with Crippen LogP contribution in [0.4, 0.5) is 4.79 Å². The molecule has 0 spiro atoms. The van der Waals surface area contributed by atoms with Crippen molar-refractivity contribution in [3.8, 4) is 5.75 Å². The number of nitrogens with zero attached hydrogens (tertiary/aromatic N) is 1. The molecule has 1 aliphatic rings. The summed E-state index contributed by atoms with van der Waals surface area (Å²) in [5.74, 6) is 1.60. The minimum atomic E-state index is -0.0905. The smallest absolute Gasteiger partial charge is 0.315 e. The van der Waals surface area contributed by atoms with Gasteiger partial charge < -0.3 is 15.4 Å². The fraction of sp³-hybridized carbons (Fsp3) is 0.650. The lowest BCUT2D eigenvalue weighted by Gasteiger charge is -2.35. The molecule has 140 valence electrons. The van der Waals surface area contributed by atoms with Crippen LogP contribution in [0, 0.1) is 5.92 Å². The molecule has 2 N–H and O–H groups in total. The van der Waals surface area contributed by atoms with Crippen molar-refractivity contribution in [3.63, 3.8) is 0 Å². The number of carbonyl (C=O) groups is 1. The molecule has 1 aliphatic heterocycles. The van der Waals surface area contributed by atoms with E-state index in [1.54, 1.807) is 7.11 Å². The zero-order chi connectivity index (χ0) is 18.2. The molecule has 1 saturated heterocycles. The molecule has 1 fully saturated rings. The van der Waals surface area contributed by atoms with Crippen LogP contribution in [0.5, 0.6) is 5.75 Å². The van der Waals surface area contributed by atoms with Gasteiger partial charge in [-0.2, -0.15) is 0 Å². The molecule has 0 bridgehead atoms. The van der Waals surface area contributed by atoms with E-state index in [1.165, 1.54) is 12.8 Å². The lowest BCUT2D eigenvalue weighted by atomic mass is 9.99. The second-order valence-corrected chi connectivity index (χ2v) is 7.40. The molecule has 0 saturated carbocycles. The quantitative estimate of drug-likeness (QED) is 0.797. The molecular weight excluding hydrogens is 314 g/mol. The highest BCUT2D eigenvalue weighted by molar-refractivity contribution is 5.74. The Kier molecular flexibility index (Phi) is 7.56. The summed E-state index contributed by atoms with van der Waals surface area (Å²) in [6.07, 6.45) is 3.36. The van der Waals surface area contributed by atoms with E-state index >= 15 is 0 Å². The Morgan fingerprint density at radius 2 is 2.20 bits per heavy atom. The molecule has 1 aromatic rings. The molecule has 0 aliphatic carbocycles. The molecule has 3 unspecified atom stereocenters. The van der Waals surface area contributed by atoms with Crippen LogP contribution in [0.25, 0.3) is 0 Å². The summed E-state index contributed by atoms with van der Waals surface area (Å²) in [7, 11) is 1.67. The first-order chi connectivity index (χ1) is 12.0. The van der Waals surface area contributed by atoms with Gasteiger partial charge in [0.05, 0.1) is 7.11 Å². The van der Waals surface area contributed by atoms with Crippen molar-refractivity contribution in [1.29, 1.82) is 0 Å². The van der Waals surface area contributed by atoms with Crippen LogP contribution in [0.1, 0.15) is 39.2 Å². The van der Waals surface area contributed by atoms with E-state index in [4.69, 9.17) is 4.74 Å². The normalized spacial score (nSPS) is 20.6. The number of urea groups is 1. The van der Waals surface area contributed by atoms with E-state index in [1.807, 2.05) is 25.1 Å². The van der Waals surface area contributed by atoms with Crippen molar-refractivity contribution in [3.05, 3.63) is 29.8 Å². The Morgan fingerprint density at radius 1 is 1.40 bits per heavy atom. The first-order valence-corrected chi connectivity index (χ1v) is 9.39. The molecule has 2 amide bonds. The van der Waals surface area contributed by atoms with Gasteiger partial charge in [-0.1, -0.05) is 19.1 Å². The van der Waals surface area contributed by atoms with Crippen molar-refractivity contribution in [1.82, 2.24) is 15.5 Å². The van der Waals surface area contributed by atoms with Crippen molar-refractivity contribution in [2.24, 2.45) is 5.92 Å². The van der Waals surface area contributed by atoms with Gasteiger partial charge in [0.1, 0.15) is 5.75 Å². The van der Waals surface area contributed by atoms with E-state index < -0.39 is 0 Å². The Morgan fingerprint density at radius 3 is 2.92 bits per heavy atom. The Hall–Kier alpha value is -1.75. The zero-order valence-corrected chi connectivity index (χ0v) is 16.0. The monoisotopic (exact) mass is 347 g/mol. The highest BCUT2D eigenvalue weighted by Crippen LogP contribution is 2.17. The third kappa shape index (κ3) is 6.58. The molecule has 25 heavy (non-hydrogen) atoms. The van der Waals surface area contributed by atoms with Gasteiger partial charge in [-0.15, -0.1) is 0 Å². The van der Waals surface area contributed by atoms with Gasteiger partial charge in [-0.3, -0.25) is 4.90 Å². The summed E-state index contributed by atoms with van der Waals surface area (Å²) < 4.78 is 5.24. The molecular formula is C20H33N3O2. The third-order valence-corrected chi connectivity index (χ3v) is 4.92. The summed E-state index contributed by atoms with van der Waals surface area (Å²) in [6, 6.07) is 8.32. The summed E-state index contributed by atoms with van der Waals surface area (Å²) in [4.78, 5) is 14.6. The fourth-order valence-corrected chi connectivity index (χ4v) is 3.47. The minimum absolute atomic E-state index is 0.0671. The van der Waals surface area contributed by atoms with Crippen LogP contribution in [-0.2, 0) is 6.42 Å². The number of likely N-dealkylation sites (tertiary alicyclic amines) is 1. The second-order valence-electron chi connectivity index (χ2n) is 7.40. The topological polar surface area (TPSA) is 53.6 Å². The van der Waals surface area contributed by atoms with Crippen LogP contribution in [-0.4, -0.2) is 49.8 Å². The van der Waals surface area contributed by atoms with E-state index in [0.717, 1.165) is 36.7 Å². The lowest BCUT2D eigenvalue weighted by Crippen LogP contribution is -2.49. The van der Waals surface area contributed by atoms with E-state index in [9.17, 15) is 4.79 Å². The SMILES string of the molecule is COc1cccc(CC(C)NC(=O)NCC(C)N2CCCC(C)C2)c1. The van der Waals surface area contributed by atoms with Gasteiger partial charge in [-0.25, -0.2) is 4.79 Å². The summed E-state index contributed by atoms with van der Waals surface area (Å²) >= 11 is 0. The van der Waals surface area contributed by atoms with Crippen LogP contribution >= 0.6 is 0 Å². The number of ether oxygens (including phenoxy) is 1. The molecule has 3 atom stereocenters. The van der Waals surface area contributed by atoms with E-state index in [0.29, 0.717) is 12.6 Å². The maximum atomic E-state index is 12.2. The van der Waals surface area contributed by atoms with Crippen LogP contribution in [0.15, 0.2) is 24.3 Å². The van der Waals surface area contributed by atoms with Gasteiger partial charge in [-0.05, 0) is 63.3 Å². The molecule has 2 rings (SSSR count). The highest BCUT2D eigenvalue weighted by Gasteiger charge is 2.21. The van der Waals surface area contributed by atoms with Crippen molar-refractivity contribution >= 4 is 6.03 Å². The van der Waals surface area contributed by atoms with Gasteiger partial charge >= 0.3 is 6.03 Å². The molecule has 1 aromatic carbocycles. The number of methoxy groups -OCH3 is 1. The molecule has 0 radical (unpaired) electrons. The van der Waals surface area contributed by atoms with Gasteiger partial charge in [0.25, 0.3) is 0 Å². The Balaban J connectivity index is 1.71. The first-order valence-electron chi connectivity index (χ1n) is 9.39. The van der Waals surface area contributed by atoms with Crippen LogP contribution in [0.3, 0.4) is 0 Å². The third-order valence-electron chi connectivity index (χ3n) is 4.92. The molecule has 5 heteroatoms. The largest absolute Gasteiger partial charge is 0.497 e. The summed E-state index contributed by atoms with van der Waals surface area (Å²) in [5, 5.41) is 6.04. The van der Waals surface area contributed by atoms with Gasteiger partial charge in [0.15, 0.2) is 0 Å². The number of hydrogen-bond donors (Lipinski definition) is 2. The predicted molar refractivity (Wildman–Crippen MR) is 102 cm³/mol. The maximum Gasteiger partial charge on any atom is 0.315 e. The molecule has 5 nitrogen and oxygen atoms in total. The highest BCUT2D eigenvalue weighted by atomic mass is 16.5. The van der Waals surface area contributed by atoms with Crippen LogP contribution in [0.2, 0.25) is 0 Å². The van der Waals surface area contributed by atoms with E-state index in [2.05, 4.69) is 35.4 Å². The Labute approximate surface area is 152 Å². The number of nitrogens with one attached hydrogen (secondary N) is 2. The number of benzene rings is 1. The predicted octanol–water partition coefficient (Wildman–Crippen LogP) is 3.05. The van der Waals surface area contributed by atoms with Gasteiger partial charge in [0.2, 0.25) is 0 Å². The number of amides is 2. The van der Waals surface area contributed by atoms with Crippen molar-refractivity contribution in [2.75, 3.05) is 26.7 Å². The average Bonchev–Trinajstić information content (AvgIpc) is 2.59. The van der Waals surface area contributed by atoms with Gasteiger partial charge in [0, 0.05) is 25.2 Å². The number of hydrogen-bond acceptors (Lipinski definition) is 3. The fourth-order valence-electron chi connectivity index (χ4n) is 3.47. The summed E-state index contributed by atoms with van der Waals surface area (Å²) in [5.41, 5.74) is 1.16.